The monoisotopic (exact) mass is 510 g/mol. The van der Waals surface area contributed by atoms with Gasteiger partial charge in [0.25, 0.3) is 0 Å². The summed E-state index contributed by atoms with van der Waals surface area (Å²) < 4.78 is 5.40. The van der Waals surface area contributed by atoms with Crippen molar-refractivity contribution in [2.75, 3.05) is 34.3 Å². The number of benzene rings is 2. The molecule has 6 heteroatoms. The standard InChI is InChI=1S/C23H34N4O.HI/c1-6-27(4)17-21-9-7-8-20(14-21)16-26-23(24-3)25-13-12-19-11-10-18(2)22(15-19)28-5;/h7-11,14-15H,6,12-13,16-17H2,1-5H3,(H2,24,25,26);1H. The molecule has 0 spiro atoms. The Bertz CT molecular complexity index is 779. The van der Waals surface area contributed by atoms with Gasteiger partial charge in [0.1, 0.15) is 5.75 Å². The van der Waals surface area contributed by atoms with E-state index in [2.05, 4.69) is 83.9 Å². The molecule has 0 unspecified atom stereocenters. The molecule has 2 aromatic rings. The number of aliphatic imine (C=N–C) groups is 1. The molecular weight excluding hydrogens is 475 g/mol. The third-order valence-corrected chi connectivity index (χ3v) is 4.85. The van der Waals surface area contributed by atoms with Gasteiger partial charge >= 0.3 is 0 Å². The van der Waals surface area contributed by atoms with E-state index < -0.39 is 0 Å². The Morgan fingerprint density at radius 3 is 2.52 bits per heavy atom. The normalized spacial score (nSPS) is 11.2. The van der Waals surface area contributed by atoms with Crippen molar-refractivity contribution in [3.63, 3.8) is 0 Å². The molecule has 2 rings (SSSR count). The first-order valence-electron chi connectivity index (χ1n) is 9.90. The fourth-order valence-electron chi connectivity index (χ4n) is 3.01. The number of aryl methyl sites for hydroxylation is 1. The van der Waals surface area contributed by atoms with Crippen LogP contribution in [0, 0.1) is 6.92 Å². The van der Waals surface area contributed by atoms with E-state index in [0.29, 0.717) is 0 Å². The number of nitrogens with zero attached hydrogens (tertiary/aromatic N) is 2. The topological polar surface area (TPSA) is 48.9 Å². The highest BCUT2D eigenvalue weighted by atomic mass is 127. The summed E-state index contributed by atoms with van der Waals surface area (Å²) in [6.07, 6.45) is 0.913. The van der Waals surface area contributed by atoms with Gasteiger partial charge in [-0.1, -0.05) is 43.3 Å². The first-order valence-corrected chi connectivity index (χ1v) is 9.90. The van der Waals surface area contributed by atoms with Gasteiger partial charge in [-0.2, -0.15) is 0 Å². The zero-order chi connectivity index (χ0) is 20.4. The predicted octanol–water partition coefficient (Wildman–Crippen LogP) is 3.98. The van der Waals surface area contributed by atoms with Gasteiger partial charge in [0, 0.05) is 26.7 Å². The molecule has 0 radical (unpaired) electrons. The van der Waals surface area contributed by atoms with Gasteiger partial charge in [-0.25, -0.2) is 0 Å². The summed E-state index contributed by atoms with van der Waals surface area (Å²) in [5, 5.41) is 6.78. The summed E-state index contributed by atoms with van der Waals surface area (Å²) in [5.41, 5.74) is 5.00. The van der Waals surface area contributed by atoms with E-state index in [1.807, 2.05) is 0 Å². The van der Waals surface area contributed by atoms with Gasteiger partial charge < -0.3 is 20.3 Å². The summed E-state index contributed by atoms with van der Waals surface area (Å²) in [6.45, 7) is 7.81. The second-order valence-corrected chi connectivity index (χ2v) is 7.06. The molecule has 0 aliphatic rings. The van der Waals surface area contributed by atoms with Gasteiger partial charge in [-0.3, -0.25) is 4.99 Å². The van der Waals surface area contributed by atoms with Crippen LogP contribution in [-0.2, 0) is 19.5 Å². The Hall–Kier alpha value is -1.80. The van der Waals surface area contributed by atoms with Gasteiger partial charge in [-0.05, 0) is 55.3 Å². The summed E-state index contributed by atoms with van der Waals surface area (Å²) in [7, 11) is 5.66. The minimum Gasteiger partial charge on any atom is -0.496 e. The summed E-state index contributed by atoms with van der Waals surface area (Å²) in [6, 6.07) is 15.1. The Morgan fingerprint density at radius 2 is 1.83 bits per heavy atom. The second-order valence-electron chi connectivity index (χ2n) is 7.06. The molecule has 0 fully saturated rings. The van der Waals surface area contributed by atoms with Crippen LogP contribution in [0.5, 0.6) is 5.75 Å². The van der Waals surface area contributed by atoms with Crippen LogP contribution in [0.15, 0.2) is 47.5 Å². The van der Waals surface area contributed by atoms with Crippen LogP contribution >= 0.6 is 24.0 Å². The molecule has 0 aliphatic carbocycles. The van der Waals surface area contributed by atoms with Crippen molar-refractivity contribution in [3.8, 4) is 5.75 Å². The maximum atomic E-state index is 5.40. The van der Waals surface area contributed by atoms with E-state index in [4.69, 9.17) is 4.74 Å². The quantitative estimate of drug-likeness (QED) is 0.305. The minimum absolute atomic E-state index is 0. The van der Waals surface area contributed by atoms with Crippen molar-refractivity contribution >= 4 is 29.9 Å². The lowest BCUT2D eigenvalue weighted by molar-refractivity contribution is 0.345. The Kier molecular flexibility index (Phi) is 11.7. The third kappa shape index (κ3) is 8.62. The summed E-state index contributed by atoms with van der Waals surface area (Å²) >= 11 is 0. The van der Waals surface area contributed by atoms with E-state index in [-0.39, 0.29) is 24.0 Å². The minimum atomic E-state index is 0. The number of ether oxygens (including phenoxy) is 1. The van der Waals surface area contributed by atoms with Gasteiger partial charge in [0.15, 0.2) is 5.96 Å². The lowest BCUT2D eigenvalue weighted by atomic mass is 10.1. The lowest BCUT2D eigenvalue weighted by Crippen LogP contribution is -2.37. The highest BCUT2D eigenvalue weighted by Gasteiger charge is 2.03. The predicted molar refractivity (Wildman–Crippen MR) is 134 cm³/mol. The van der Waals surface area contributed by atoms with Crippen molar-refractivity contribution in [1.82, 2.24) is 15.5 Å². The largest absolute Gasteiger partial charge is 0.496 e. The van der Waals surface area contributed by atoms with Crippen molar-refractivity contribution in [2.24, 2.45) is 4.99 Å². The number of hydrogen-bond donors (Lipinski definition) is 2. The fourth-order valence-corrected chi connectivity index (χ4v) is 3.01. The third-order valence-electron chi connectivity index (χ3n) is 4.85. The van der Waals surface area contributed by atoms with Crippen LogP contribution in [0.3, 0.4) is 0 Å². The van der Waals surface area contributed by atoms with E-state index in [1.54, 1.807) is 14.2 Å². The number of hydrogen-bond acceptors (Lipinski definition) is 3. The molecule has 0 amide bonds. The van der Waals surface area contributed by atoms with Crippen LogP contribution in [0.1, 0.15) is 29.2 Å². The first kappa shape index (κ1) is 25.2. The number of rotatable bonds is 9. The second kappa shape index (κ2) is 13.4. The van der Waals surface area contributed by atoms with E-state index in [0.717, 1.165) is 49.9 Å². The van der Waals surface area contributed by atoms with Crippen LogP contribution in [0.25, 0.3) is 0 Å². The molecule has 0 saturated carbocycles. The fraction of sp³-hybridized carbons (Fsp3) is 0.435. The van der Waals surface area contributed by atoms with Gasteiger partial charge in [0.2, 0.25) is 0 Å². The number of halogens is 1. The van der Waals surface area contributed by atoms with Crippen LogP contribution in [-0.4, -0.2) is 45.2 Å². The van der Waals surface area contributed by atoms with Crippen molar-refractivity contribution in [3.05, 3.63) is 64.7 Å². The average Bonchev–Trinajstić information content (AvgIpc) is 2.71. The molecule has 2 N–H and O–H groups in total. The number of nitrogens with one attached hydrogen (secondary N) is 2. The Morgan fingerprint density at radius 1 is 1.07 bits per heavy atom. The van der Waals surface area contributed by atoms with E-state index >= 15 is 0 Å². The van der Waals surface area contributed by atoms with Crippen LogP contribution < -0.4 is 15.4 Å². The van der Waals surface area contributed by atoms with E-state index in [1.165, 1.54) is 16.7 Å². The molecule has 2 aromatic carbocycles. The average molecular weight is 510 g/mol. The van der Waals surface area contributed by atoms with Crippen LogP contribution in [0.2, 0.25) is 0 Å². The van der Waals surface area contributed by atoms with Crippen LogP contribution in [0.4, 0.5) is 0 Å². The Labute approximate surface area is 193 Å². The molecule has 0 aliphatic heterocycles. The zero-order valence-corrected chi connectivity index (χ0v) is 20.6. The maximum Gasteiger partial charge on any atom is 0.191 e. The lowest BCUT2D eigenvalue weighted by Gasteiger charge is -2.15. The molecule has 29 heavy (non-hydrogen) atoms. The maximum absolute atomic E-state index is 5.40. The molecule has 0 bridgehead atoms. The summed E-state index contributed by atoms with van der Waals surface area (Å²) in [5.74, 6) is 1.75. The molecule has 0 atom stereocenters. The molecule has 0 saturated heterocycles. The highest BCUT2D eigenvalue weighted by Crippen LogP contribution is 2.19. The first-order chi connectivity index (χ1) is 13.5. The zero-order valence-electron chi connectivity index (χ0n) is 18.3. The number of guanidine groups is 1. The molecular formula is C23H35IN4O. The molecule has 0 aromatic heterocycles. The van der Waals surface area contributed by atoms with Crippen molar-refractivity contribution < 1.29 is 4.74 Å². The smallest absolute Gasteiger partial charge is 0.191 e. The van der Waals surface area contributed by atoms with Gasteiger partial charge in [0.05, 0.1) is 7.11 Å². The SMILES string of the molecule is CCN(C)Cc1cccc(CNC(=NC)NCCc2ccc(C)c(OC)c2)c1.I. The van der Waals surface area contributed by atoms with Crippen molar-refractivity contribution in [2.45, 2.75) is 33.4 Å². The molecule has 160 valence electrons. The summed E-state index contributed by atoms with van der Waals surface area (Å²) in [4.78, 5) is 6.63. The molecule has 0 heterocycles. The van der Waals surface area contributed by atoms with Crippen molar-refractivity contribution in [1.29, 1.82) is 0 Å². The van der Waals surface area contributed by atoms with E-state index in [9.17, 15) is 0 Å². The molecule has 5 nitrogen and oxygen atoms in total. The highest BCUT2D eigenvalue weighted by molar-refractivity contribution is 14.0. The Balaban J connectivity index is 0.00000420. The van der Waals surface area contributed by atoms with Gasteiger partial charge in [-0.15, -0.1) is 24.0 Å². The number of methoxy groups -OCH3 is 1.